The molecular formula is C36H47N5O10S. The molecule has 6 rings (SSSR count). The number of hydrogen-bond acceptors (Lipinski definition) is 10. The molecule has 3 heterocycles. The number of methoxy groups -OCH3 is 2. The van der Waals surface area contributed by atoms with Gasteiger partial charge in [0.2, 0.25) is 27.7 Å². The van der Waals surface area contributed by atoms with Crippen molar-refractivity contribution < 1.29 is 46.9 Å². The van der Waals surface area contributed by atoms with Crippen molar-refractivity contribution in [3.63, 3.8) is 0 Å². The van der Waals surface area contributed by atoms with Crippen molar-refractivity contribution in [3.05, 3.63) is 36.4 Å². The van der Waals surface area contributed by atoms with Crippen molar-refractivity contribution in [2.45, 2.75) is 94.2 Å². The number of pyridine rings is 1. The highest BCUT2D eigenvalue weighted by Crippen LogP contribution is 2.46. The zero-order chi connectivity index (χ0) is 37.4. The van der Waals surface area contributed by atoms with Crippen LogP contribution < -0.4 is 29.6 Å². The summed E-state index contributed by atoms with van der Waals surface area (Å²) in [5.41, 5.74) is -1.00. The van der Waals surface area contributed by atoms with Crippen LogP contribution >= 0.6 is 0 Å². The van der Waals surface area contributed by atoms with Gasteiger partial charge in [0.05, 0.1) is 31.5 Å². The molecule has 4 amide bonds. The van der Waals surface area contributed by atoms with Crippen LogP contribution in [0.5, 0.6) is 17.4 Å². The number of carboxylic acid groups (broad SMARTS) is 1. The molecule has 0 unspecified atom stereocenters. The van der Waals surface area contributed by atoms with Crippen molar-refractivity contribution in [3.8, 4) is 17.4 Å². The van der Waals surface area contributed by atoms with Gasteiger partial charge in [0, 0.05) is 29.9 Å². The molecular weight excluding hydrogens is 694 g/mol. The quantitative estimate of drug-likeness (QED) is 0.275. The van der Waals surface area contributed by atoms with E-state index in [0.29, 0.717) is 54.5 Å². The van der Waals surface area contributed by atoms with Crippen LogP contribution in [-0.4, -0.2) is 97.0 Å². The van der Waals surface area contributed by atoms with Crippen LogP contribution in [0.4, 0.5) is 4.79 Å². The summed E-state index contributed by atoms with van der Waals surface area (Å²) in [5, 5.41) is 15.1. The molecule has 0 bridgehead atoms. The van der Waals surface area contributed by atoms with Crippen molar-refractivity contribution in [2.24, 2.45) is 17.8 Å². The lowest BCUT2D eigenvalue weighted by Gasteiger charge is -2.33. The molecule has 2 aliphatic carbocycles. The molecule has 2 saturated carbocycles. The number of hydrogen-bond donors (Lipinski definition) is 4. The van der Waals surface area contributed by atoms with E-state index in [-0.39, 0.29) is 37.1 Å². The average Bonchev–Trinajstić information content (AvgIpc) is 4.04. The minimum atomic E-state index is -3.91. The Hall–Kier alpha value is -4.60. The van der Waals surface area contributed by atoms with Crippen LogP contribution in [0.15, 0.2) is 36.4 Å². The molecule has 7 atom stereocenters. The van der Waals surface area contributed by atoms with Gasteiger partial charge in [-0.2, -0.15) is 0 Å². The standard InChI is InChI=1S/C36H47N5O10S/c1-5-21-14-20(2)8-6-7-9-22-18-36(22,34(44)40-52(47,48)25-11-12-25)39-32(42)28-16-24(19-41(28)33(43)31(21)38-35(45)46)51-29-17-30(50-4)37-27-15-23(49-3)10-13-26(27)29/h7,9-10,13,15,17,20-22,24-25,28,31,38H,5-6,8,11-12,14,16,18-19H2,1-4H3,(H,39,42)(H,40,44)(H,45,46)/t20-,21-,22-,24-,28+,31+,36-/m1/s1. The molecule has 16 heteroatoms. The van der Waals surface area contributed by atoms with Gasteiger partial charge in [-0.25, -0.2) is 18.2 Å². The minimum Gasteiger partial charge on any atom is -0.497 e. The Morgan fingerprint density at radius 2 is 1.88 bits per heavy atom. The first-order valence-corrected chi connectivity index (χ1v) is 19.4. The number of carbonyl (C=O) groups is 4. The Bertz CT molecular complexity index is 1860. The number of ether oxygens (including phenoxy) is 3. The second-order valence-electron chi connectivity index (χ2n) is 14.4. The van der Waals surface area contributed by atoms with E-state index in [1.165, 1.54) is 19.1 Å². The summed E-state index contributed by atoms with van der Waals surface area (Å²) in [5.74, 6) is -1.53. The van der Waals surface area contributed by atoms with Crippen molar-refractivity contribution in [1.29, 1.82) is 0 Å². The fraction of sp³-hybridized carbons (Fsp3) is 0.583. The van der Waals surface area contributed by atoms with Crippen molar-refractivity contribution in [2.75, 3.05) is 20.8 Å². The molecule has 1 saturated heterocycles. The SMILES string of the molecule is CC[C@@H]1C[C@H](C)CCC=C[C@@H]2C[C@@]2(C(=O)NS(=O)(=O)C2CC2)NC(=O)[C@@H]2C[C@@H](Oc3cc(OC)nc4cc(OC)ccc34)CN2C(=O)[C@H]1NC(=O)O. The summed E-state index contributed by atoms with van der Waals surface area (Å²) in [4.78, 5) is 60.5. The first-order chi connectivity index (χ1) is 24.8. The first-order valence-electron chi connectivity index (χ1n) is 17.8. The fourth-order valence-electron chi connectivity index (χ4n) is 7.51. The molecule has 52 heavy (non-hydrogen) atoms. The fourth-order valence-corrected chi connectivity index (χ4v) is 8.87. The lowest BCUT2D eigenvalue weighted by molar-refractivity contribution is -0.142. The lowest BCUT2D eigenvalue weighted by atomic mass is 9.85. The number of nitrogens with zero attached hydrogens (tertiary/aromatic N) is 2. The summed E-state index contributed by atoms with van der Waals surface area (Å²) in [6.45, 7) is 3.88. The van der Waals surface area contributed by atoms with Gasteiger partial charge < -0.3 is 34.9 Å². The van der Waals surface area contributed by atoms with Crippen LogP contribution in [0.1, 0.15) is 65.2 Å². The second kappa shape index (κ2) is 14.8. The number of rotatable bonds is 9. The zero-order valence-corrected chi connectivity index (χ0v) is 30.6. The van der Waals surface area contributed by atoms with Gasteiger partial charge >= 0.3 is 6.09 Å². The van der Waals surface area contributed by atoms with E-state index in [0.717, 1.165) is 6.42 Å². The van der Waals surface area contributed by atoms with Gasteiger partial charge in [0.25, 0.3) is 5.91 Å². The predicted octanol–water partition coefficient (Wildman–Crippen LogP) is 3.12. The van der Waals surface area contributed by atoms with Gasteiger partial charge in [0.1, 0.15) is 35.2 Å². The predicted molar refractivity (Wildman–Crippen MR) is 189 cm³/mol. The van der Waals surface area contributed by atoms with E-state index in [9.17, 15) is 32.7 Å². The van der Waals surface area contributed by atoms with Crippen LogP contribution in [-0.2, 0) is 24.4 Å². The number of allylic oxidation sites excluding steroid dienone is 1. The molecule has 1 aromatic carbocycles. The van der Waals surface area contributed by atoms with Crippen molar-refractivity contribution in [1.82, 2.24) is 25.2 Å². The third kappa shape index (κ3) is 7.76. The third-order valence-corrected chi connectivity index (χ3v) is 12.5. The highest BCUT2D eigenvalue weighted by molar-refractivity contribution is 7.91. The highest BCUT2D eigenvalue weighted by atomic mass is 32.2. The number of amides is 4. The van der Waals surface area contributed by atoms with Crippen molar-refractivity contribution >= 4 is 44.7 Å². The molecule has 282 valence electrons. The van der Waals surface area contributed by atoms with E-state index in [1.54, 1.807) is 24.3 Å². The van der Waals surface area contributed by atoms with Gasteiger partial charge in [-0.1, -0.05) is 32.4 Å². The molecule has 4 N–H and O–H groups in total. The minimum absolute atomic E-state index is 0.00538. The normalized spacial score (nSPS) is 29.5. The Labute approximate surface area is 302 Å². The molecule has 3 fully saturated rings. The molecule has 0 spiro atoms. The molecule has 0 radical (unpaired) electrons. The van der Waals surface area contributed by atoms with Crippen LogP contribution in [0.3, 0.4) is 0 Å². The number of nitrogens with one attached hydrogen (secondary N) is 3. The highest BCUT2D eigenvalue weighted by Gasteiger charge is 2.62. The van der Waals surface area contributed by atoms with Crippen LogP contribution in [0.25, 0.3) is 10.9 Å². The zero-order valence-electron chi connectivity index (χ0n) is 29.8. The van der Waals surface area contributed by atoms with E-state index >= 15 is 0 Å². The number of benzene rings is 1. The van der Waals surface area contributed by atoms with E-state index in [2.05, 4.69) is 20.3 Å². The summed E-state index contributed by atoms with van der Waals surface area (Å²) in [7, 11) is -0.904. The maximum absolute atomic E-state index is 14.5. The maximum atomic E-state index is 14.5. The Kier molecular flexibility index (Phi) is 10.6. The first kappa shape index (κ1) is 37.2. The number of carbonyl (C=O) groups excluding carboxylic acids is 3. The monoisotopic (exact) mass is 741 g/mol. The number of aromatic nitrogens is 1. The molecule has 4 aliphatic rings. The summed E-state index contributed by atoms with van der Waals surface area (Å²) in [6, 6.07) is 4.55. The van der Waals surface area contributed by atoms with E-state index in [4.69, 9.17) is 14.2 Å². The summed E-state index contributed by atoms with van der Waals surface area (Å²) in [6.07, 6.45) is 5.26. The van der Waals surface area contributed by atoms with Crippen LogP contribution in [0, 0.1) is 17.8 Å². The molecule has 2 aliphatic heterocycles. The third-order valence-electron chi connectivity index (χ3n) is 10.7. The van der Waals surface area contributed by atoms with Gasteiger partial charge in [-0.05, 0) is 62.5 Å². The van der Waals surface area contributed by atoms with Gasteiger partial charge in [-0.3, -0.25) is 19.1 Å². The lowest BCUT2D eigenvalue weighted by Crippen LogP contribution is -2.59. The van der Waals surface area contributed by atoms with Crippen LogP contribution in [0.2, 0.25) is 0 Å². The largest absolute Gasteiger partial charge is 0.497 e. The molecule has 15 nitrogen and oxygen atoms in total. The molecule has 1 aromatic heterocycles. The summed E-state index contributed by atoms with van der Waals surface area (Å²) < 4.78 is 45.1. The average molecular weight is 742 g/mol. The topological polar surface area (TPSA) is 203 Å². The van der Waals surface area contributed by atoms with E-state index < -0.39 is 68.7 Å². The maximum Gasteiger partial charge on any atom is 0.405 e. The van der Waals surface area contributed by atoms with Gasteiger partial charge in [-0.15, -0.1) is 0 Å². The second-order valence-corrected chi connectivity index (χ2v) is 16.4. The number of sulfonamides is 1. The smallest absolute Gasteiger partial charge is 0.405 e. The molecule has 2 aromatic rings. The van der Waals surface area contributed by atoms with Gasteiger partial charge in [0.15, 0.2) is 0 Å². The summed E-state index contributed by atoms with van der Waals surface area (Å²) >= 11 is 0. The Morgan fingerprint density at radius 3 is 2.56 bits per heavy atom. The van der Waals surface area contributed by atoms with E-state index in [1.807, 2.05) is 26.0 Å². The Balaban J connectivity index is 1.36. The Morgan fingerprint density at radius 1 is 1.12 bits per heavy atom. The number of fused-ring (bicyclic) bond motifs is 3.